The van der Waals surface area contributed by atoms with Gasteiger partial charge in [0.2, 0.25) is 11.8 Å². The van der Waals surface area contributed by atoms with Gasteiger partial charge in [-0.3, -0.25) is 13.9 Å². The molecule has 0 saturated carbocycles. The van der Waals surface area contributed by atoms with E-state index in [0.717, 1.165) is 23.3 Å². The first-order valence-electron chi connectivity index (χ1n) is 14.7. The summed E-state index contributed by atoms with van der Waals surface area (Å²) >= 11 is 0. The van der Waals surface area contributed by atoms with Gasteiger partial charge in [0.05, 0.1) is 16.1 Å². The van der Waals surface area contributed by atoms with Crippen LogP contribution in [0.1, 0.15) is 36.1 Å². The van der Waals surface area contributed by atoms with E-state index in [1.165, 1.54) is 35.2 Å². The summed E-state index contributed by atoms with van der Waals surface area (Å²) in [4.78, 5) is 29.2. The predicted molar refractivity (Wildman–Crippen MR) is 171 cm³/mol. The second-order valence-corrected chi connectivity index (χ2v) is 13.1. The summed E-state index contributed by atoms with van der Waals surface area (Å²) in [5, 5.41) is 2.87. The third-order valence-electron chi connectivity index (χ3n) is 7.25. The van der Waals surface area contributed by atoms with Gasteiger partial charge in [-0.25, -0.2) is 8.42 Å². The Kier molecular flexibility index (Phi) is 10.9. The number of sulfonamides is 1. The molecule has 0 bridgehead atoms. The summed E-state index contributed by atoms with van der Waals surface area (Å²) < 4.78 is 69.8. The average Bonchev–Trinajstić information content (AvgIpc) is 3.02. The van der Waals surface area contributed by atoms with Crippen molar-refractivity contribution in [1.29, 1.82) is 0 Å². The number of benzene rings is 4. The van der Waals surface area contributed by atoms with E-state index in [9.17, 15) is 31.2 Å². The van der Waals surface area contributed by atoms with E-state index < -0.39 is 46.2 Å². The SMILES string of the molecule is Cc1ccc(CN(C(=O)CN(c2cccc(C(F)(F)F)c2)S(=O)(=O)c2ccccc2)[C@H](Cc2ccccc2)C(=O)NC(C)C)cc1. The van der Waals surface area contributed by atoms with Crippen molar-refractivity contribution in [3.8, 4) is 0 Å². The lowest BCUT2D eigenvalue weighted by molar-refractivity contribution is -0.140. The van der Waals surface area contributed by atoms with Crippen molar-refractivity contribution in [2.45, 2.75) is 56.9 Å². The van der Waals surface area contributed by atoms with Gasteiger partial charge in [0.15, 0.2) is 0 Å². The van der Waals surface area contributed by atoms with E-state index >= 15 is 0 Å². The summed E-state index contributed by atoms with van der Waals surface area (Å²) in [5.74, 6) is -1.21. The maximum Gasteiger partial charge on any atom is 0.416 e. The van der Waals surface area contributed by atoms with Crippen LogP contribution in [0.5, 0.6) is 0 Å². The molecule has 4 rings (SSSR count). The highest BCUT2D eigenvalue weighted by atomic mass is 32.2. The standard InChI is InChI=1S/C35H36F3N3O4S/c1-25(2)39-34(43)32(21-27-11-6-4-7-12-27)40(23-28-19-17-26(3)18-20-28)33(42)24-41(46(44,45)31-15-8-5-9-16-31)30-14-10-13-29(22-30)35(36,37)38/h4-20,22,25,32H,21,23-24H2,1-3H3,(H,39,43)/t32-/m1/s1. The van der Waals surface area contributed by atoms with E-state index in [4.69, 9.17) is 0 Å². The van der Waals surface area contributed by atoms with Crippen molar-refractivity contribution < 1.29 is 31.2 Å². The molecule has 0 aliphatic heterocycles. The first-order chi connectivity index (χ1) is 21.8. The number of alkyl halides is 3. The van der Waals surface area contributed by atoms with Crippen molar-refractivity contribution in [3.05, 3.63) is 131 Å². The van der Waals surface area contributed by atoms with Gasteiger partial charge in [-0.2, -0.15) is 13.2 Å². The monoisotopic (exact) mass is 651 g/mol. The molecule has 0 aliphatic carbocycles. The molecule has 242 valence electrons. The zero-order valence-corrected chi connectivity index (χ0v) is 26.6. The molecule has 2 amide bonds. The maximum atomic E-state index is 14.4. The molecule has 0 spiro atoms. The Hall–Kier alpha value is -4.64. The van der Waals surface area contributed by atoms with Gasteiger partial charge in [-0.05, 0) is 62.2 Å². The lowest BCUT2D eigenvalue weighted by Crippen LogP contribution is -2.54. The highest BCUT2D eigenvalue weighted by Crippen LogP contribution is 2.33. The first-order valence-corrected chi connectivity index (χ1v) is 16.1. The number of halogens is 3. The van der Waals surface area contributed by atoms with Crippen LogP contribution in [0.25, 0.3) is 0 Å². The number of hydrogen-bond acceptors (Lipinski definition) is 4. The van der Waals surface area contributed by atoms with E-state index in [1.807, 2.05) is 37.3 Å². The largest absolute Gasteiger partial charge is 0.416 e. The predicted octanol–water partition coefficient (Wildman–Crippen LogP) is 6.37. The number of anilines is 1. The Bertz CT molecular complexity index is 1730. The number of amides is 2. The number of hydrogen-bond donors (Lipinski definition) is 1. The summed E-state index contributed by atoms with van der Waals surface area (Å²) in [7, 11) is -4.53. The summed E-state index contributed by atoms with van der Waals surface area (Å²) in [6.45, 7) is 4.56. The number of carbonyl (C=O) groups is 2. The van der Waals surface area contributed by atoms with Crippen molar-refractivity contribution in [2.24, 2.45) is 0 Å². The van der Waals surface area contributed by atoms with Crippen LogP contribution in [0.15, 0.2) is 114 Å². The van der Waals surface area contributed by atoms with Gasteiger partial charge in [0.1, 0.15) is 12.6 Å². The van der Waals surface area contributed by atoms with Crippen LogP contribution in [0, 0.1) is 6.92 Å². The fourth-order valence-corrected chi connectivity index (χ4v) is 6.34. The molecule has 4 aromatic carbocycles. The van der Waals surface area contributed by atoms with Crippen LogP contribution < -0.4 is 9.62 Å². The van der Waals surface area contributed by atoms with Gasteiger partial charge in [-0.15, -0.1) is 0 Å². The lowest BCUT2D eigenvalue weighted by Gasteiger charge is -2.34. The Labute approximate surface area is 267 Å². The highest BCUT2D eigenvalue weighted by Gasteiger charge is 2.36. The van der Waals surface area contributed by atoms with Gasteiger partial charge >= 0.3 is 6.18 Å². The minimum Gasteiger partial charge on any atom is -0.352 e. The Balaban J connectivity index is 1.83. The average molecular weight is 652 g/mol. The molecule has 7 nitrogen and oxygen atoms in total. The molecule has 46 heavy (non-hydrogen) atoms. The molecule has 0 radical (unpaired) electrons. The van der Waals surface area contributed by atoms with Crippen molar-refractivity contribution in [1.82, 2.24) is 10.2 Å². The second-order valence-electron chi connectivity index (χ2n) is 11.2. The molecule has 0 aromatic heterocycles. The Morgan fingerprint density at radius 3 is 2.00 bits per heavy atom. The van der Waals surface area contributed by atoms with Crippen LogP contribution in [0.4, 0.5) is 18.9 Å². The molecular formula is C35H36F3N3O4S. The normalized spacial score (nSPS) is 12.4. The molecule has 11 heteroatoms. The van der Waals surface area contributed by atoms with Crippen LogP contribution in [-0.4, -0.2) is 43.8 Å². The Morgan fingerprint density at radius 1 is 0.804 bits per heavy atom. The molecule has 0 unspecified atom stereocenters. The van der Waals surface area contributed by atoms with E-state index in [1.54, 1.807) is 44.2 Å². The van der Waals surface area contributed by atoms with Gasteiger partial charge in [0.25, 0.3) is 10.0 Å². The highest BCUT2D eigenvalue weighted by molar-refractivity contribution is 7.92. The van der Waals surface area contributed by atoms with Crippen LogP contribution in [-0.2, 0) is 38.8 Å². The third kappa shape index (κ3) is 8.75. The molecule has 0 heterocycles. The number of nitrogens with one attached hydrogen (secondary N) is 1. The number of aryl methyl sites for hydroxylation is 1. The summed E-state index contributed by atoms with van der Waals surface area (Å²) in [6, 6.07) is 26.1. The molecule has 0 saturated heterocycles. The minimum atomic E-state index is -4.75. The second kappa shape index (κ2) is 14.6. The fraction of sp³-hybridized carbons (Fsp3) is 0.257. The van der Waals surface area contributed by atoms with Crippen molar-refractivity contribution in [3.63, 3.8) is 0 Å². The number of carbonyl (C=O) groups excluding carboxylic acids is 2. The van der Waals surface area contributed by atoms with Crippen LogP contribution in [0.3, 0.4) is 0 Å². The van der Waals surface area contributed by atoms with Crippen LogP contribution >= 0.6 is 0 Å². The summed E-state index contributed by atoms with van der Waals surface area (Å²) in [5.41, 5.74) is 1.02. The Morgan fingerprint density at radius 2 is 1.41 bits per heavy atom. The lowest BCUT2D eigenvalue weighted by atomic mass is 10.0. The molecular weight excluding hydrogens is 615 g/mol. The topological polar surface area (TPSA) is 86.8 Å². The van der Waals surface area contributed by atoms with Gasteiger partial charge in [0, 0.05) is 19.0 Å². The number of rotatable bonds is 12. The minimum absolute atomic E-state index is 0.0516. The molecule has 4 aromatic rings. The zero-order chi connectivity index (χ0) is 33.5. The first kappa shape index (κ1) is 34.2. The van der Waals surface area contributed by atoms with E-state index in [-0.39, 0.29) is 29.6 Å². The molecule has 1 atom stereocenters. The van der Waals surface area contributed by atoms with Gasteiger partial charge in [-0.1, -0.05) is 84.4 Å². The quantitative estimate of drug-likeness (QED) is 0.193. The van der Waals surface area contributed by atoms with Crippen molar-refractivity contribution >= 4 is 27.5 Å². The molecule has 0 aliphatic rings. The summed E-state index contributed by atoms with van der Waals surface area (Å²) in [6.07, 6.45) is -4.64. The fourth-order valence-electron chi connectivity index (χ4n) is 4.91. The third-order valence-corrected chi connectivity index (χ3v) is 9.04. The van der Waals surface area contributed by atoms with E-state index in [2.05, 4.69) is 5.32 Å². The molecule has 1 N–H and O–H groups in total. The van der Waals surface area contributed by atoms with Crippen LogP contribution in [0.2, 0.25) is 0 Å². The zero-order valence-electron chi connectivity index (χ0n) is 25.7. The van der Waals surface area contributed by atoms with Crippen molar-refractivity contribution in [2.75, 3.05) is 10.8 Å². The smallest absolute Gasteiger partial charge is 0.352 e. The maximum absolute atomic E-state index is 14.4. The van der Waals surface area contributed by atoms with Gasteiger partial charge < -0.3 is 10.2 Å². The number of nitrogens with zero attached hydrogens (tertiary/aromatic N) is 2. The molecule has 0 fully saturated rings. The van der Waals surface area contributed by atoms with E-state index in [0.29, 0.717) is 15.9 Å².